The average molecular weight is 155 g/mol. The van der Waals surface area contributed by atoms with E-state index in [9.17, 15) is 4.79 Å². The van der Waals surface area contributed by atoms with E-state index >= 15 is 0 Å². The minimum absolute atomic E-state index is 0.229. The first-order valence-electron chi connectivity index (χ1n) is 2.81. The molecule has 0 aliphatic rings. The van der Waals surface area contributed by atoms with Gasteiger partial charge >= 0.3 is 0 Å². The van der Waals surface area contributed by atoms with E-state index in [2.05, 4.69) is 10.7 Å². The zero-order valence-corrected chi connectivity index (χ0v) is 5.78. The predicted octanol–water partition coefficient (Wildman–Crippen LogP) is -0.941. The van der Waals surface area contributed by atoms with Gasteiger partial charge in [0.2, 0.25) is 6.41 Å². The van der Waals surface area contributed by atoms with Crippen LogP contribution >= 0.6 is 0 Å². The van der Waals surface area contributed by atoms with Gasteiger partial charge in [0, 0.05) is 6.20 Å². The standard InChI is InChI=1S/C5H6N2O.CH3NO/c6-4-2-1-3-7-5(4)8;2-1-3/h1-3H,6H2,(H,7,8);1H,(H2,2,3). The zero-order valence-electron chi connectivity index (χ0n) is 5.78. The van der Waals surface area contributed by atoms with E-state index in [1.165, 1.54) is 0 Å². The number of primary amides is 1. The molecule has 0 fully saturated rings. The first-order valence-corrected chi connectivity index (χ1v) is 2.81. The van der Waals surface area contributed by atoms with Gasteiger partial charge in [-0.2, -0.15) is 0 Å². The van der Waals surface area contributed by atoms with E-state index < -0.39 is 0 Å². The van der Waals surface area contributed by atoms with Crippen molar-refractivity contribution in [2.75, 3.05) is 5.73 Å². The Bertz CT molecular complexity index is 269. The molecule has 0 spiro atoms. The molecule has 5 heteroatoms. The summed E-state index contributed by atoms with van der Waals surface area (Å²) in [5.41, 5.74) is 9.37. The van der Waals surface area contributed by atoms with Crippen LogP contribution in [0.2, 0.25) is 0 Å². The lowest BCUT2D eigenvalue weighted by atomic mass is 10.4. The molecule has 60 valence electrons. The Morgan fingerprint density at radius 2 is 2.09 bits per heavy atom. The number of carbonyl (C=O) groups is 1. The first kappa shape index (κ1) is 9.22. The van der Waals surface area contributed by atoms with Crippen LogP contribution in [0.1, 0.15) is 0 Å². The maximum Gasteiger partial charge on any atom is 0.271 e. The molecule has 5 N–H and O–H groups in total. The van der Waals surface area contributed by atoms with Gasteiger partial charge in [0.05, 0.1) is 5.69 Å². The van der Waals surface area contributed by atoms with Crippen molar-refractivity contribution in [2.24, 2.45) is 5.73 Å². The summed E-state index contributed by atoms with van der Waals surface area (Å²) in [6, 6.07) is 3.23. The molecule has 1 heterocycles. The number of amides is 1. The number of anilines is 1. The van der Waals surface area contributed by atoms with Crippen molar-refractivity contribution in [1.29, 1.82) is 0 Å². The Morgan fingerprint density at radius 3 is 2.36 bits per heavy atom. The third kappa shape index (κ3) is 3.74. The number of hydrogen-bond acceptors (Lipinski definition) is 3. The second-order valence-corrected chi connectivity index (χ2v) is 1.59. The number of hydrogen-bond donors (Lipinski definition) is 3. The van der Waals surface area contributed by atoms with Crippen LogP contribution in [-0.4, -0.2) is 11.4 Å². The fraction of sp³-hybridized carbons (Fsp3) is 0. The lowest BCUT2D eigenvalue weighted by molar-refractivity contribution is -0.106. The minimum Gasteiger partial charge on any atom is -0.394 e. The highest BCUT2D eigenvalue weighted by Crippen LogP contribution is 1.84. The van der Waals surface area contributed by atoms with Gasteiger partial charge in [-0.15, -0.1) is 0 Å². The molecular weight excluding hydrogens is 146 g/mol. The van der Waals surface area contributed by atoms with Gasteiger partial charge in [0.25, 0.3) is 5.56 Å². The number of nitrogens with one attached hydrogen (secondary N) is 1. The summed E-state index contributed by atoms with van der Waals surface area (Å²) >= 11 is 0. The molecule has 0 aromatic carbocycles. The third-order valence-electron chi connectivity index (χ3n) is 0.849. The molecule has 0 unspecified atom stereocenters. The van der Waals surface area contributed by atoms with Gasteiger partial charge in [0.1, 0.15) is 0 Å². The Hall–Kier alpha value is -1.78. The number of H-pyrrole nitrogens is 1. The lowest BCUT2D eigenvalue weighted by Gasteiger charge is -1.84. The van der Waals surface area contributed by atoms with Crippen molar-refractivity contribution < 1.29 is 4.79 Å². The molecule has 1 aromatic rings. The quantitative estimate of drug-likeness (QED) is 0.421. The summed E-state index contributed by atoms with van der Waals surface area (Å²) in [7, 11) is 0. The molecule has 11 heavy (non-hydrogen) atoms. The number of aromatic amines is 1. The van der Waals surface area contributed by atoms with Gasteiger partial charge < -0.3 is 16.5 Å². The lowest BCUT2D eigenvalue weighted by Crippen LogP contribution is -2.08. The number of nitrogen functional groups attached to an aromatic ring is 1. The summed E-state index contributed by atoms with van der Waals surface area (Å²) in [4.78, 5) is 21.4. The van der Waals surface area contributed by atoms with Crippen LogP contribution in [0.3, 0.4) is 0 Å². The molecule has 5 nitrogen and oxygen atoms in total. The second-order valence-electron chi connectivity index (χ2n) is 1.59. The van der Waals surface area contributed by atoms with Crippen molar-refractivity contribution in [2.45, 2.75) is 0 Å². The third-order valence-corrected chi connectivity index (χ3v) is 0.849. The molecule has 1 amide bonds. The van der Waals surface area contributed by atoms with E-state index in [1.54, 1.807) is 18.3 Å². The van der Waals surface area contributed by atoms with Gasteiger partial charge in [-0.1, -0.05) is 0 Å². The number of nitrogens with two attached hydrogens (primary N) is 2. The molecule has 0 aliphatic heterocycles. The van der Waals surface area contributed by atoms with E-state index in [-0.39, 0.29) is 17.7 Å². The van der Waals surface area contributed by atoms with E-state index in [0.717, 1.165) is 0 Å². The molecule has 0 bridgehead atoms. The number of carbonyl (C=O) groups excluding carboxylic acids is 1. The predicted molar refractivity (Wildman–Crippen MR) is 41.7 cm³/mol. The van der Waals surface area contributed by atoms with Crippen molar-refractivity contribution >= 4 is 12.1 Å². The maximum absolute atomic E-state index is 10.4. The fourth-order valence-corrected chi connectivity index (χ4v) is 0.435. The molecule has 0 radical (unpaired) electrons. The van der Waals surface area contributed by atoms with Crippen molar-refractivity contribution in [3.8, 4) is 0 Å². The Kier molecular flexibility index (Phi) is 4.22. The highest BCUT2D eigenvalue weighted by molar-refractivity contribution is 5.42. The van der Waals surface area contributed by atoms with Crippen LogP contribution in [-0.2, 0) is 4.79 Å². The average Bonchev–Trinajstić information content (AvgIpc) is 1.97. The highest BCUT2D eigenvalue weighted by atomic mass is 16.1. The van der Waals surface area contributed by atoms with Crippen LogP contribution in [0.5, 0.6) is 0 Å². The molecule has 1 rings (SSSR count). The molecule has 0 aliphatic carbocycles. The Morgan fingerprint density at radius 1 is 1.55 bits per heavy atom. The Labute approximate surface area is 63.0 Å². The van der Waals surface area contributed by atoms with Crippen LogP contribution in [0.15, 0.2) is 23.1 Å². The number of pyridine rings is 1. The monoisotopic (exact) mass is 155 g/mol. The molecular formula is C6H9N3O2. The van der Waals surface area contributed by atoms with Gasteiger partial charge in [-0.25, -0.2) is 0 Å². The summed E-state index contributed by atoms with van der Waals surface area (Å²) in [5.74, 6) is 0. The normalized spacial score (nSPS) is 7.64. The number of rotatable bonds is 0. The molecule has 0 atom stereocenters. The SMILES string of the molecule is NC=O.Nc1ccc[nH]c1=O. The van der Waals surface area contributed by atoms with E-state index in [0.29, 0.717) is 0 Å². The van der Waals surface area contributed by atoms with Crippen LogP contribution in [0.4, 0.5) is 5.69 Å². The largest absolute Gasteiger partial charge is 0.394 e. The van der Waals surface area contributed by atoms with Crippen molar-refractivity contribution in [3.05, 3.63) is 28.7 Å². The van der Waals surface area contributed by atoms with Gasteiger partial charge in [-0.3, -0.25) is 9.59 Å². The van der Waals surface area contributed by atoms with Crippen molar-refractivity contribution in [1.82, 2.24) is 4.98 Å². The maximum atomic E-state index is 10.4. The first-order chi connectivity index (χ1) is 5.22. The smallest absolute Gasteiger partial charge is 0.271 e. The summed E-state index contributed by atoms with van der Waals surface area (Å²) in [6.45, 7) is 0. The zero-order chi connectivity index (χ0) is 8.69. The Balaban J connectivity index is 0.000000292. The van der Waals surface area contributed by atoms with Gasteiger partial charge in [-0.05, 0) is 12.1 Å². The summed E-state index contributed by atoms with van der Waals surface area (Å²) in [5, 5.41) is 0. The highest BCUT2D eigenvalue weighted by Gasteiger charge is 1.84. The number of aromatic nitrogens is 1. The summed E-state index contributed by atoms with van der Waals surface area (Å²) < 4.78 is 0. The molecule has 0 saturated heterocycles. The minimum atomic E-state index is -0.229. The van der Waals surface area contributed by atoms with Gasteiger partial charge in [0.15, 0.2) is 0 Å². The van der Waals surface area contributed by atoms with E-state index in [4.69, 9.17) is 10.5 Å². The van der Waals surface area contributed by atoms with Crippen molar-refractivity contribution in [3.63, 3.8) is 0 Å². The molecule has 1 aromatic heterocycles. The summed E-state index contributed by atoms with van der Waals surface area (Å²) in [6.07, 6.45) is 1.79. The second kappa shape index (κ2) is 5.04. The topological polar surface area (TPSA) is 102 Å². The fourth-order valence-electron chi connectivity index (χ4n) is 0.435. The van der Waals surface area contributed by atoms with Crippen LogP contribution in [0.25, 0.3) is 0 Å². The van der Waals surface area contributed by atoms with E-state index in [1.807, 2.05) is 0 Å². The molecule has 0 saturated carbocycles. The van der Waals surface area contributed by atoms with Crippen LogP contribution in [0, 0.1) is 0 Å². The van der Waals surface area contributed by atoms with Crippen LogP contribution < -0.4 is 17.0 Å².